The number of rotatable bonds is 8. The summed E-state index contributed by atoms with van der Waals surface area (Å²) in [5, 5.41) is 3.91. The first-order chi connectivity index (χ1) is 28.5. The number of hydroxylamine groups is 1. The molecule has 3 aromatic carbocycles. The van der Waals surface area contributed by atoms with E-state index in [1.165, 1.54) is 0 Å². The fraction of sp³-hybridized carbons (Fsp3) is 0.408. The summed E-state index contributed by atoms with van der Waals surface area (Å²) in [6, 6.07) is 26.5. The van der Waals surface area contributed by atoms with Crippen LogP contribution in [-0.2, 0) is 26.2 Å². The number of benzene rings is 3. The molecule has 10 heteroatoms. The minimum Gasteiger partial charge on any atom is -0.488 e. The number of hydrogen-bond acceptors (Lipinski definition) is 8. The van der Waals surface area contributed by atoms with E-state index in [1.54, 1.807) is 28.4 Å². The topological polar surface area (TPSA) is 111 Å². The van der Waals surface area contributed by atoms with E-state index in [0.29, 0.717) is 37.2 Å². The summed E-state index contributed by atoms with van der Waals surface area (Å²) in [7, 11) is 0. The number of para-hydroxylation sites is 1. The van der Waals surface area contributed by atoms with E-state index in [9.17, 15) is 9.59 Å². The predicted octanol–water partition coefficient (Wildman–Crippen LogP) is 9.77. The van der Waals surface area contributed by atoms with Gasteiger partial charge in [-0.1, -0.05) is 100 Å². The summed E-state index contributed by atoms with van der Waals surface area (Å²) < 4.78 is 6.91. The van der Waals surface area contributed by atoms with Crippen LogP contribution >= 0.6 is 11.3 Å². The van der Waals surface area contributed by atoms with Gasteiger partial charge in [-0.05, 0) is 68.4 Å². The van der Waals surface area contributed by atoms with Crippen LogP contribution in [0.25, 0.3) is 22.2 Å². The molecule has 9 nitrogen and oxygen atoms in total. The summed E-state index contributed by atoms with van der Waals surface area (Å²) in [6.07, 6.45) is 9.61. The Balaban J connectivity index is 1.12. The molecule has 2 amide bonds. The van der Waals surface area contributed by atoms with Gasteiger partial charge in [-0.25, -0.2) is 9.97 Å². The van der Waals surface area contributed by atoms with Crippen LogP contribution in [0.5, 0.6) is 11.5 Å². The van der Waals surface area contributed by atoms with E-state index in [2.05, 4.69) is 49.8 Å². The molecule has 5 atom stereocenters. The quantitative estimate of drug-likeness (QED) is 0.123. The molecule has 0 bridgehead atoms. The standard InChI is InChI=1S/C49H54N4O5S/c1-32-22-23-38-40(24-32)50-39(33-16-11-8-12-17-33)27-43(38)57-37-26-41-42(54)29-49(47(56)52-58-36-20-14-9-15-21-36)28-35(49)19-13-7-5-6-10-18-34(46(55)53(41)30-37)25-45-51-44(31-59-45)48(2,3)4/h8-9,11-17,19-24,27,31,34-35,37,41H,5-7,10,18,25-26,28-30H2,1-4H3,(H,52,56)/b19-13-/t34-,35+,37-,41+,49-/m1/s1. The van der Waals surface area contributed by atoms with Gasteiger partial charge in [-0.15, -0.1) is 11.3 Å². The lowest BCUT2D eigenvalue weighted by atomic mass is 9.90. The normalized spacial score (nSPS) is 24.4. The second-order valence-corrected chi connectivity index (χ2v) is 18.6. The highest BCUT2D eigenvalue weighted by atomic mass is 32.1. The largest absolute Gasteiger partial charge is 0.488 e. The molecule has 4 heterocycles. The molecule has 1 saturated heterocycles. The smallest absolute Gasteiger partial charge is 0.259 e. The zero-order valence-electron chi connectivity index (χ0n) is 34.5. The molecule has 306 valence electrons. The van der Waals surface area contributed by atoms with Gasteiger partial charge in [-0.3, -0.25) is 14.4 Å². The molecule has 2 aliphatic heterocycles. The number of carbonyl (C=O) groups is 3. The van der Waals surface area contributed by atoms with Gasteiger partial charge in [0.25, 0.3) is 5.91 Å². The van der Waals surface area contributed by atoms with Gasteiger partial charge in [0, 0.05) is 53.0 Å². The number of nitrogens with zero attached hydrogens (tertiary/aromatic N) is 3. The number of ether oxygens (including phenoxy) is 1. The summed E-state index contributed by atoms with van der Waals surface area (Å²) in [5.41, 5.74) is 6.28. The molecule has 2 aromatic heterocycles. The molecular weight excluding hydrogens is 757 g/mol. The molecule has 0 unspecified atom stereocenters. The first kappa shape index (κ1) is 40.4. The van der Waals surface area contributed by atoms with E-state index in [0.717, 1.165) is 64.1 Å². The van der Waals surface area contributed by atoms with Gasteiger partial charge in [0.05, 0.1) is 39.9 Å². The van der Waals surface area contributed by atoms with Crippen molar-refractivity contribution in [2.24, 2.45) is 17.3 Å². The van der Waals surface area contributed by atoms with Crippen molar-refractivity contribution < 1.29 is 24.0 Å². The van der Waals surface area contributed by atoms with Crippen LogP contribution in [0.3, 0.4) is 0 Å². The van der Waals surface area contributed by atoms with Gasteiger partial charge in [0.15, 0.2) is 11.5 Å². The van der Waals surface area contributed by atoms with Crippen LogP contribution in [0.1, 0.15) is 88.4 Å². The van der Waals surface area contributed by atoms with E-state index < -0.39 is 17.6 Å². The van der Waals surface area contributed by atoms with Crippen molar-refractivity contribution in [3.8, 4) is 22.8 Å². The summed E-state index contributed by atoms with van der Waals surface area (Å²) >= 11 is 1.61. The maximum atomic E-state index is 15.0. The lowest BCUT2D eigenvalue weighted by Crippen LogP contribution is -2.46. The molecule has 8 rings (SSSR count). The number of allylic oxidation sites excluding steroid dienone is 2. The van der Waals surface area contributed by atoms with Crippen molar-refractivity contribution in [3.05, 3.63) is 119 Å². The number of Topliss-reactive ketones (excluding diaryl/α,β-unsaturated/α-hetero) is 1. The fourth-order valence-corrected chi connectivity index (χ4v) is 9.73. The Hall–Kier alpha value is -5.35. The van der Waals surface area contributed by atoms with Crippen molar-refractivity contribution in [1.29, 1.82) is 0 Å². The van der Waals surface area contributed by atoms with Crippen molar-refractivity contribution in [2.75, 3.05) is 6.54 Å². The molecule has 59 heavy (non-hydrogen) atoms. The number of carbonyl (C=O) groups excluding carboxylic acids is 3. The minimum atomic E-state index is -0.969. The molecule has 5 aromatic rings. The van der Waals surface area contributed by atoms with E-state index in [1.807, 2.05) is 73.7 Å². The van der Waals surface area contributed by atoms with E-state index in [-0.39, 0.29) is 47.8 Å². The number of aromatic nitrogens is 2. The second-order valence-electron chi connectivity index (χ2n) is 17.7. The zero-order chi connectivity index (χ0) is 41.1. The van der Waals surface area contributed by atoms with Gasteiger partial charge in [0.2, 0.25) is 5.91 Å². The lowest BCUT2D eigenvalue weighted by molar-refractivity contribution is -0.143. The second kappa shape index (κ2) is 17.1. The number of nitrogens with one attached hydrogen (secondary N) is 1. The highest BCUT2D eigenvalue weighted by Crippen LogP contribution is 2.57. The first-order valence-corrected chi connectivity index (χ1v) is 22.0. The van der Waals surface area contributed by atoms with Crippen LogP contribution < -0.4 is 15.1 Å². The van der Waals surface area contributed by atoms with E-state index in [4.69, 9.17) is 19.5 Å². The van der Waals surface area contributed by atoms with Gasteiger partial charge in [0.1, 0.15) is 11.9 Å². The Morgan fingerprint density at radius 2 is 1.75 bits per heavy atom. The predicted molar refractivity (Wildman–Crippen MR) is 232 cm³/mol. The number of ketones is 1. The Morgan fingerprint density at radius 1 is 0.966 bits per heavy atom. The molecule has 3 aliphatic rings. The lowest BCUT2D eigenvalue weighted by Gasteiger charge is -2.29. The number of pyridine rings is 1. The molecular formula is C49H54N4O5S. The van der Waals surface area contributed by atoms with Crippen LogP contribution in [0, 0.1) is 24.2 Å². The number of aryl methyl sites for hydroxylation is 1. The van der Waals surface area contributed by atoms with Gasteiger partial charge < -0.3 is 14.5 Å². The summed E-state index contributed by atoms with van der Waals surface area (Å²) in [6.45, 7) is 8.75. The van der Waals surface area contributed by atoms with Crippen LogP contribution in [-0.4, -0.2) is 51.2 Å². The number of fused-ring (bicyclic) bond motifs is 3. The molecule has 0 spiro atoms. The van der Waals surface area contributed by atoms with Gasteiger partial charge >= 0.3 is 0 Å². The highest BCUT2D eigenvalue weighted by Gasteiger charge is 2.61. The van der Waals surface area contributed by atoms with Crippen LogP contribution in [0.15, 0.2) is 102 Å². The molecule has 1 N–H and O–H groups in total. The highest BCUT2D eigenvalue weighted by molar-refractivity contribution is 7.09. The monoisotopic (exact) mass is 810 g/mol. The Bertz CT molecular complexity index is 2340. The third kappa shape index (κ3) is 9.13. The number of amides is 2. The molecule has 2 fully saturated rings. The Morgan fingerprint density at radius 3 is 2.51 bits per heavy atom. The first-order valence-electron chi connectivity index (χ1n) is 21.1. The van der Waals surface area contributed by atoms with Crippen LogP contribution in [0.4, 0.5) is 0 Å². The van der Waals surface area contributed by atoms with E-state index >= 15 is 4.79 Å². The Kier molecular flexibility index (Phi) is 11.7. The van der Waals surface area contributed by atoms with Crippen molar-refractivity contribution in [3.63, 3.8) is 0 Å². The maximum absolute atomic E-state index is 15.0. The minimum absolute atomic E-state index is 0.00509. The molecule has 0 radical (unpaired) electrons. The average Bonchev–Trinajstić information content (AvgIpc) is 3.49. The maximum Gasteiger partial charge on any atom is 0.259 e. The third-order valence-electron chi connectivity index (χ3n) is 12.2. The molecule has 1 aliphatic carbocycles. The molecule has 1 saturated carbocycles. The van der Waals surface area contributed by atoms with Crippen molar-refractivity contribution in [2.45, 2.75) is 103 Å². The Labute approximate surface area is 351 Å². The summed E-state index contributed by atoms with van der Waals surface area (Å²) in [4.78, 5) is 61.4. The third-order valence-corrected chi connectivity index (χ3v) is 13.0. The summed E-state index contributed by atoms with van der Waals surface area (Å²) in [5.74, 6) is 0.227. The van der Waals surface area contributed by atoms with Crippen molar-refractivity contribution in [1.82, 2.24) is 20.3 Å². The number of hydrogen-bond donors (Lipinski definition) is 1. The zero-order valence-corrected chi connectivity index (χ0v) is 35.3. The fourth-order valence-electron chi connectivity index (χ4n) is 8.62. The average molecular weight is 811 g/mol. The van der Waals surface area contributed by atoms with Gasteiger partial charge in [-0.2, -0.15) is 5.48 Å². The SMILES string of the molecule is Cc1ccc2c(O[C@@H]3C[C@H]4C(=O)C[C@]5(C(=O)NOc6ccccc6)C[C@@H]5/C=C\CCCCC[C@H](Cc5nc(C(C)(C)C)cs5)C(=O)N4C3)cc(-c3ccccc3)nc2c1. The number of thiazole rings is 1. The van der Waals surface area contributed by atoms with Crippen molar-refractivity contribution >= 4 is 39.8 Å². The van der Waals surface area contributed by atoms with Crippen LogP contribution in [0.2, 0.25) is 0 Å².